The summed E-state index contributed by atoms with van der Waals surface area (Å²) in [5.74, 6) is -0.569. The zero-order valence-electron chi connectivity index (χ0n) is 10.0. The topological polar surface area (TPSA) is 40.5 Å². The number of anilines is 1. The van der Waals surface area contributed by atoms with Crippen molar-refractivity contribution in [1.82, 2.24) is 0 Å². The van der Waals surface area contributed by atoms with Crippen molar-refractivity contribution in [2.75, 3.05) is 18.0 Å². The Labute approximate surface area is 99.9 Å². The van der Waals surface area contributed by atoms with Crippen molar-refractivity contribution in [2.24, 2.45) is 0 Å². The lowest BCUT2D eigenvalue weighted by atomic mass is 10.0. The smallest absolute Gasteiger partial charge is 0.162 e. The number of carbonyl (C=O) groups is 1. The number of benzene rings is 1. The molecule has 0 amide bonds. The van der Waals surface area contributed by atoms with Crippen molar-refractivity contribution in [3.63, 3.8) is 0 Å². The van der Waals surface area contributed by atoms with Gasteiger partial charge in [-0.15, -0.1) is 0 Å². The molecule has 1 atom stereocenters. The number of aliphatic hydroxyl groups is 1. The van der Waals surface area contributed by atoms with Crippen LogP contribution in [0.4, 0.5) is 10.1 Å². The third-order valence-electron chi connectivity index (χ3n) is 3.30. The van der Waals surface area contributed by atoms with E-state index in [1.807, 2.05) is 4.90 Å². The van der Waals surface area contributed by atoms with Crippen molar-refractivity contribution >= 4 is 11.5 Å². The van der Waals surface area contributed by atoms with Crippen LogP contribution < -0.4 is 4.90 Å². The molecule has 2 rings (SSSR count). The quantitative estimate of drug-likeness (QED) is 0.866. The monoisotopic (exact) mass is 237 g/mol. The second-order valence-corrected chi connectivity index (χ2v) is 4.77. The summed E-state index contributed by atoms with van der Waals surface area (Å²) >= 11 is 0. The van der Waals surface area contributed by atoms with Gasteiger partial charge in [0.25, 0.3) is 0 Å². The first-order valence-corrected chi connectivity index (χ1v) is 5.67. The van der Waals surface area contributed by atoms with E-state index in [0.29, 0.717) is 6.54 Å². The van der Waals surface area contributed by atoms with Gasteiger partial charge >= 0.3 is 0 Å². The molecular formula is C13H16FNO2. The summed E-state index contributed by atoms with van der Waals surface area (Å²) in [7, 11) is 0. The first-order valence-electron chi connectivity index (χ1n) is 5.67. The van der Waals surface area contributed by atoms with E-state index in [2.05, 4.69) is 0 Å². The lowest BCUT2D eigenvalue weighted by Crippen LogP contribution is -2.45. The van der Waals surface area contributed by atoms with Crippen molar-refractivity contribution in [1.29, 1.82) is 0 Å². The maximum atomic E-state index is 13.2. The number of nitrogens with zero attached hydrogens (tertiary/aromatic N) is 1. The number of fused-ring (bicyclic) bond motifs is 1. The molecule has 1 N–H and O–H groups in total. The Kier molecular flexibility index (Phi) is 2.91. The Morgan fingerprint density at radius 1 is 1.59 bits per heavy atom. The average molecular weight is 237 g/mol. The average Bonchev–Trinajstić information content (AvgIpc) is 2.60. The molecule has 1 aliphatic heterocycles. The van der Waals surface area contributed by atoms with Crippen LogP contribution in [0.2, 0.25) is 0 Å². The van der Waals surface area contributed by atoms with E-state index >= 15 is 0 Å². The molecule has 0 saturated heterocycles. The first-order chi connectivity index (χ1) is 7.90. The van der Waals surface area contributed by atoms with E-state index in [9.17, 15) is 14.3 Å². The van der Waals surface area contributed by atoms with Gasteiger partial charge in [0.2, 0.25) is 0 Å². The van der Waals surface area contributed by atoms with E-state index in [0.717, 1.165) is 17.7 Å². The molecular weight excluding hydrogens is 221 g/mol. The molecule has 0 bridgehead atoms. The van der Waals surface area contributed by atoms with Crippen molar-refractivity contribution in [3.8, 4) is 0 Å². The highest BCUT2D eigenvalue weighted by Gasteiger charge is 2.31. The van der Waals surface area contributed by atoms with Gasteiger partial charge in [-0.3, -0.25) is 4.79 Å². The predicted octanol–water partition coefficient (Wildman–Crippen LogP) is 1.53. The van der Waals surface area contributed by atoms with Gasteiger partial charge < -0.3 is 10.0 Å². The minimum Gasteiger partial charge on any atom is -0.381 e. The minimum atomic E-state index is -1.38. The minimum absolute atomic E-state index is 0.207. The van der Waals surface area contributed by atoms with Crippen LogP contribution in [0.3, 0.4) is 0 Å². The van der Waals surface area contributed by atoms with E-state index in [4.69, 9.17) is 0 Å². The van der Waals surface area contributed by atoms with Gasteiger partial charge in [0.05, 0.1) is 6.54 Å². The maximum Gasteiger partial charge on any atom is 0.162 e. The number of carbonyl (C=O) groups excluding carboxylic acids is 1. The molecule has 0 aromatic heterocycles. The van der Waals surface area contributed by atoms with E-state index < -0.39 is 5.60 Å². The van der Waals surface area contributed by atoms with Gasteiger partial charge in [-0.1, -0.05) is 6.07 Å². The Bertz CT molecular complexity index is 457. The Morgan fingerprint density at radius 3 is 2.94 bits per heavy atom. The highest BCUT2D eigenvalue weighted by Crippen LogP contribution is 2.29. The lowest BCUT2D eigenvalue weighted by molar-refractivity contribution is -0.132. The molecule has 0 spiro atoms. The Morgan fingerprint density at radius 2 is 2.29 bits per heavy atom. The summed E-state index contributed by atoms with van der Waals surface area (Å²) in [5.41, 5.74) is 0.464. The largest absolute Gasteiger partial charge is 0.381 e. The standard InChI is InChI=1S/C13H16FNO2/c1-9(16)13(2,17)8-15-6-5-10-3-4-11(14)7-12(10)15/h3-4,7,17H,5-6,8H2,1-2H3/t13-/m0/s1. The molecule has 0 saturated carbocycles. The second-order valence-electron chi connectivity index (χ2n) is 4.77. The Balaban J connectivity index is 2.23. The molecule has 1 aromatic rings. The van der Waals surface area contributed by atoms with Crippen LogP contribution in [0.15, 0.2) is 18.2 Å². The van der Waals surface area contributed by atoms with Crippen LogP contribution in [0, 0.1) is 5.82 Å². The first kappa shape index (κ1) is 12.0. The normalized spacial score (nSPS) is 17.8. The van der Waals surface area contributed by atoms with Crippen molar-refractivity contribution in [2.45, 2.75) is 25.9 Å². The molecule has 0 fully saturated rings. The molecule has 0 radical (unpaired) electrons. The van der Waals surface area contributed by atoms with Gasteiger partial charge in [-0.25, -0.2) is 4.39 Å². The maximum absolute atomic E-state index is 13.2. The summed E-state index contributed by atoms with van der Waals surface area (Å²) in [6.45, 7) is 3.77. The van der Waals surface area contributed by atoms with Crippen LogP contribution in [-0.4, -0.2) is 29.6 Å². The molecule has 4 heteroatoms. The third-order valence-corrected chi connectivity index (χ3v) is 3.30. The van der Waals surface area contributed by atoms with Gasteiger partial charge in [0.1, 0.15) is 11.4 Å². The van der Waals surface area contributed by atoms with Gasteiger partial charge in [-0.2, -0.15) is 0 Å². The second kappa shape index (κ2) is 4.11. The van der Waals surface area contributed by atoms with E-state index in [-0.39, 0.29) is 18.1 Å². The van der Waals surface area contributed by atoms with Gasteiger partial charge in [-0.05, 0) is 38.0 Å². The zero-order chi connectivity index (χ0) is 12.6. The number of hydrogen-bond donors (Lipinski definition) is 1. The number of ketones is 1. The third kappa shape index (κ3) is 2.31. The molecule has 0 unspecified atom stereocenters. The van der Waals surface area contributed by atoms with Gasteiger partial charge in [0.15, 0.2) is 5.78 Å². The van der Waals surface area contributed by atoms with Crippen molar-refractivity contribution < 1.29 is 14.3 Å². The summed E-state index contributed by atoms with van der Waals surface area (Å²) in [6, 6.07) is 4.65. The number of Topliss-reactive ketones (excluding diaryl/α,β-unsaturated/α-hetero) is 1. The van der Waals surface area contributed by atoms with Crippen LogP contribution in [0.1, 0.15) is 19.4 Å². The van der Waals surface area contributed by atoms with E-state index in [1.165, 1.54) is 26.0 Å². The molecule has 0 aliphatic carbocycles. The molecule has 1 aliphatic rings. The zero-order valence-corrected chi connectivity index (χ0v) is 10.0. The summed E-state index contributed by atoms with van der Waals surface area (Å²) in [4.78, 5) is 13.1. The highest BCUT2D eigenvalue weighted by atomic mass is 19.1. The molecule has 92 valence electrons. The lowest BCUT2D eigenvalue weighted by Gasteiger charge is -2.28. The highest BCUT2D eigenvalue weighted by molar-refractivity contribution is 5.85. The number of hydrogen-bond acceptors (Lipinski definition) is 3. The SMILES string of the molecule is CC(=O)[C@@](C)(O)CN1CCc2ccc(F)cc21. The predicted molar refractivity (Wildman–Crippen MR) is 63.6 cm³/mol. The summed E-state index contributed by atoms with van der Waals surface area (Å²) in [6.07, 6.45) is 0.823. The molecule has 1 heterocycles. The fourth-order valence-corrected chi connectivity index (χ4v) is 2.07. The summed E-state index contributed by atoms with van der Waals surface area (Å²) < 4.78 is 13.2. The van der Waals surface area contributed by atoms with Crippen LogP contribution >= 0.6 is 0 Å². The number of rotatable bonds is 3. The summed E-state index contributed by atoms with van der Waals surface area (Å²) in [5, 5.41) is 9.96. The van der Waals surface area contributed by atoms with Crippen LogP contribution in [0.5, 0.6) is 0 Å². The fraction of sp³-hybridized carbons (Fsp3) is 0.462. The van der Waals surface area contributed by atoms with E-state index in [1.54, 1.807) is 6.07 Å². The fourth-order valence-electron chi connectivity index (χ4n) is 2.07. The molecule has 1 aromatic carbocycles. The number of halogens is 1. The van der Waals surface area contributed by atoms with Gasteiger partial charge in [0, 0.05) is 12.2 Å². The molecule has 17 heavy (non-hydrogen) atoms. The van der Waals surface area contributed by atoms with Crippen LogP contribution in [0.25, 0.3) is 0 Å². The Hall–Kier alpha value is -1.42. The van der Waals surface area contributed by atoms with Crippen LogP contribution in [-0.2, 0) is 11.2 Å². The van der Waals surface area contributed by atoms with Crippen molar-refractivity contribution in [3.05, 3.63) is 29.6 Å². The number of β-amino-alcohol motifs (C(OH)–C–C–N with tert-alkyl or cyclic N) is 1. The molecule has 3 nitrogen and oxygen atoms in total.